The lowest BCUT2D eigenvalue weighted by atomic mass is 9.96. The highest BCUT2D eigenvalue weighted by Gasteiger charge is 2.39. The standard InChI is InChI=1S/C19H17F2N3O2/c20-11-2-3-13(15(21)8-11)10-1-4-16-14(7-10)19(26)24-6-5-12(22)9-17(24)18(25)23-16/h1-4,7-8,12,17H,5-6,9,22H2,(H,23,25). The van der Waals surface area contributed by atoms with Gasteiger partial charge in [-0.2, -0.15) is 0 Å². The Morgan fingerprint density at radius 2 is 1.88 bits per heavy atom. The topological polar surface area (TPSA) is 75.4 Å². The first-order chi connectivity index (χ1) is 12.4. The molecule has 2 amide bonds. The highest BCUT2D eigenvalue weighted by Crippen LogP contribution is 2.32. The average Bonchev–Trinajstić information content (AvgIpc) is 2.70. The Bertz CT molecular complexity index is 916. The Morgan fingerprint density at radius 1 is 1.08 bits per heavy atom. The summed E-state index contributed by atoms with van der Waals surface area (Å²) in [7, 11) is 0. The monoisotopic (exact) mass is 357 g/mol. The normalized spacial score (nSPS) is 22.3. The number of piperidine rings is 1. The van der Waals surface area contributed by atoms with Crippen LogP contribution in [0.2, 0.25) is 0 Å². The third-order valence-corrected chi connectivity index (χ3v) is 4.96. The molecule has 2 heterocycles. The molecule has 2 aliphatic rings. The molecule has 4 rings (SSSR count). The molecule has 7 heteroatoms. The van der Waals surface area contributed by atoms with Crippen molar-refractivity contribution in [2.45, 2.75) is 24.9 Å². The largest absolute Gasteiger partial charge is 0.328 e. The minimum Gasteiger partial charge on any atom is -0.328 e. The zero-order valence-corrected chi connectivity index (χ0v) is 13.8. The van der Waals surface area contributed by atoms with E-state index in [0.717, 1.165) is 12.1 Å². The van der Waals surface area contributed by atoms with E-state index in [1.54, 1.807) is 12.1 Å². The molecule has 5 nitrogen and oxygen atoms in total. The van der Waals surface area contributed by atoms with Gasteiger partial charge in [-0.15, -0.1) is 0 Å². The molecular formula is C19H17F2N3O2. The Kier molecular flexibility index (Phi) is 3.96. The Hall–Kier alpha value is -2.80. The average molecular weight is 357 g/mol. The third-order valence-electron chi connectivity index (χ3n) is 4.96. The summed E-state index contributed by atoms with van der Waals surface area (Å²) in [6, 6.07) is 7.26. The van der Waals surface area contributed by atoms with Gasteiger partial charge >= 0.3 is 0 Å². The van der Waals surface area contributed by atoms with Crippen molar-refractivity contribution in [1.29, 1.82) is 0 Å². The highest BCUT2D eigenvalue weighted by atomic mass is 19.1. The van der Waals surface area contributed by atoms with Crippen LogP contribution >= 0.6 is 0 Å². The molecule has 0 bridgehead atoms. The number of nitrogens with zero attached hydrogens (tertiary/aromatic N) is 1. The molecule has 2 aliphatic heterocycles. The minimum atomic E-state index is -0.711. The SMILES string of the molecule is NC1CCN2C(=O)c3cc(-c4ccc(F)cc4F)ccc3NC(=O)C2C1. The van der Waals surface area contributed by atoms with E-state index in [4.69, 9.17) is 5.73 Å². The first-order valence-corrected chi connectivity index (χ1v) is 8.41. The first-order valence-electron chi connectivity index (χ1n) is 8.41. The predicted octanol–water partition coefficient (Wildman–Crippen LogP) is 2.52. The molecule has 2 unspecified atom stereocenters. The molecule has 2 aromatic rings. The van der Waals surface area contributed by atoms with Gasteiger partial charge in [0.05, 0.1) is 11.3 Å². The van der Waals surface area contributed by atoms with Gasteiger partial charge in [0.2, 0.25) is 5.91 Å². The number of halogens is 2. The Morgan fingerprint density at radius 3 is 2.65 bits per heavy atom. The zero-order valence-electron chi connectivity index (χ0n) is 13.8. The van der Waals surface area contributed by atoms with Gasteiger partial charge in [0.15, 0.2) is 0 Å². The molecule has 0 aromatic heterocycles. The van der Waals surface area contributed by atoms with Crippen LogP contribution < -0.4 is 11.1 Å². The molecule has 0 aliphatic carbocycles. The summed E-state index contributed by atoms with van der Waals surface area (Å²) in [5.41, 5.74) is 7.25. The number of amides is 2. The minimum absolute atomic E-state index is 0.125. The molecule has 26 heavy (non-hydrogen) atoms. The lowest BCUT2D eigenvalue weighted by molar-refractivity contribution is -0.121. The third kappa shape index (κ3) is 2.74. The van der Waals surface area contributed by atoms with Crippen LogP contribution in [0, 0.1) is 11.6 Å². The zero-order chi connectivity index (χ0) is 18.4. The first kappa shape index (κ1) is 16.7. The van der Waals surface area contributed by atoms with Crippen molar-refractivity contribution in [3.05, 3.63) is 53.6 Å². The van der Waals surface area contributed by atoms with Gasteiger partial charge < -0.3 is 16.0 Å². The van der Waals surface area contributed by atoms with Crippen LogP contribution in [0.15, 0.2) is 36.4 Å². The summed E-state index contributed by atoms with van der Waals surface area (Å²) in [5, 5.41) is 2.76. The van der Waals surface area contributed by atoms with E-state index in [1.807, 2.05) is 0 Å². The summed E-state index contributed by atoms with van der Waals surface area (Å²) in [6.07, 6.45) is 1.03. The molecule has 2 aromatic carbocycles. The van der Waals surface area contributed by atoms with Crippen molar-refractivity contribution >= 4 is 17.5 Å². The highest BCUT2D eigenvalue weighted by molar-refractivity contribution is 6.10. The van der Waals surface area contributed by atoms with Gasteiger partial charge in [-0.3, -0.25) is 9.59 Å². The number of hydrogen-bond acceptors (Lipinski definition) is 3. The van der Waals surface area contributed by atoms with Gasteiger partial charge in [-0.25, -0.2) is 8.78 Å². The van der Waals surface area contributed by atoms with E-state index in [-0.39, 0.29) is 29.0 Å². The maximum Gasteiger partial charge on any atom is 0.256 e. The van der Waals surface area contributed by atoms with Gasteiger partial charge in [-0.1, -0.05) is 6.07 Å². The van der Waals surface area contributed by atoms with Crippen LogP contribution in [0.4, 0.5) is 14.5 Å². The number of fused-ring (bicyclic) bond motifs is 2. The number of nitrogens with one attached hydrogen (secondary N) is 1. The van der Waals surface area contributed by atoms with Crippen LogP contribution in [0.1, 0.15) is 23.2 Å². The maximum absolute atomic E-state index is 14.1. The summed E-state index contributed by atoms with van der Waals surface area (Å²) in [4.78, 5) is 27.0. The van der Waals surface area contributed by atoms with Crippen molar-refractivity contribution in [2.24, 2.45) is 5.73 Å². The molecule has 0 spiro atoms. The summed E-state index contributed by atoms with van der Waals surface area (Å²) in [6.45, 7) is 0.395. The predicted molar refractivity (Wildman–Crippen MR) is 92.5 cm³/mol. The number of carbonyl (C=O) groups is 2. The lowest BCUT2D eigenvalue weighted by Crippen LogP contribution is -2.53. The summed E-state index contributed by atoms with van der Waals surface area (Å²) in [5.74, 6) is -1.94. The van der Waals surface area contributed by atoms with E-state index in [9.17, 15) is 18.4 Å². The number of anilines is 1. The molecule has 0 saturated carbocycles. The smallest absolute Gasteiger partial charge is 0.256 e. The van der Waals surface area contributed by atoms with E-state index in [2.05, 4.69) is 5.32 Å². The number of benzene rings is 2. The van der Waals surface area contributed by atoms with Crippen LogP contribution in [0.3, 0.4) is 0 Å². The second kappa shape index (κ2) is 6.17. The van der Waals surface area contributed by atoms with E-state index in [1.165, 1.54) is 17.0 Å². The van der Waals surface area contributed by atoms with E-state index in [0.29, 0.717) is 30.6 Å². The van der Waals surface area contributed by atoms with Crippen molar-refractivity contribution in [2.75, 3.05) is 11.9 Å². The summed E-state index contributed by atoms with van der Waals surface area (Å²) >= 11 is 0. The Labute approximate surface area is 148 Å². The van der Waals surface area contributed by atoms with Gasteiger partial charge in [0.25, 0.3) is 5.91 Å². The second-order valence-electron chi connectivity index (χ2n) is 6.67. The fourth-order valence-electron chi connectivity index (χ4n) is 3.58. The second-order valence-corrected chi connectivity index (χ2v) is 6.67. The lowest BCUT2D eigenvalue weighted by Gasteiger charge is -2.35. The molecule has 134 valence electrons. The van der Waals surface area contributed by atoms with E-state index < -0.39 is 17.7 Å². The van der Waals surface area contributed by atoms with Gasteiger partial charge in [0.1, 0.15) is 17.7 Å². The molecular weight excluding hydrogens is 340 g/mol. The fourth-order valence-corrected chi connectivity index (χ4v) is 3.58. The molecule has 2 atom stereocenters. The van der Waals surface area contributed by atoms with Crippen molar-refractivity contribution in [3.8, 4) is 11.1 Å². The van der Waals surface area contributed by atoms with Gasteiger partial charge in [-0.05, 0) is 42.7 Å². The van der Waals surface area contributed by atoms with Crippen molar-refractivity contribution in [3.63, 3.8) is 0 Å². The molecule has 1 saturated heterocycles. The number of hydrogen-bond donors (Lipinski definition) is 2. The summed E-state index contributed by atoms with van der Waals surface area (Å²) < 4.78 is 27.3. The van der Waals surface area contributed by atoms with E-state index >= 15 is 0 Å². The fraction of sp³-hybridized carbons (Fsp3) is 0.263. The molecule has 1 fully saturated rings. The van der Waals surface area contributed by atoms with Crippen LogP contribution in [-0.2, 0) is 4.79 Å². The quantitative estimate of drug-likeness (QED) is 0.823. The Balaban J connectivity index is 1.78. The number of rotatable bonds is 1. The van der Waals surface area contributed by atoms with Gasteiger partial charge in [0, 0.05) is 24.2 Å². The molecule has 0 radical (unpaired) electrons. The van der Waals surface area contributed by atoms with Crippen molar-refractivity contribution in [1.82, 2.24) is 4.90 Å². The molecule has 3 N–H and O–H groups in total. The van der Waals surface area contributed by atoms with Crippen molar-refractivity contribution < 1.29 is 18.4 Å². The maximum atomic E-state index is 14.1. The van der Waals surface area contributed by atoms with Crippen LogP contribution in [-0.4, -0.2) is 35.3 Å². The van der Waals surface area contributed by atoms with Crippen LogP contribution in [0.5, 0.6) is 0 Å². The van der Waals surface area contributed by atoms with Crippen LogP contribution in [0.25, 0.3) is 11.1 Å². The number of nitrogens with two attached hydrogens (primary N) is 1. The number of carbonyl (C=O) groups excluding carboxylic acids is 2.